The smallest absolute Gasteiger partial charge is 0.252 e. The molecule has 0 radical (unpaired) electrons. The Kier molecular flexibility index (Phi) is 6.64. The molecule has 0 aliphatic carbocycles. The van der Waals surface area contributed by atoms with Crippen molar-refractivity contribution in [1.29, 1.82) is 0 Å². The summed E-state index contributed by atoms with van der Waals surface area (Å²) in [4.78, 5) is 18.5. The standard InChI is InChI=1S/C20H25N3O4S/c1-16(17-5-3-2-4-6-17)27-19-8-7-18(15-22-19)20(24)21-9-10-23-11-13-28(25,26)14-12-23/h2-8,15-16H,9-14H2,1H3,(H,21,24). The van der Waals surface area contributed by atoms with Crippen LogP contribution in [0, 0.1) is 0 Å². The lowest BCUT2D eigenvalue weighted by molar-refractivity contribution is 0.0948. The van der Waals surface area contributed by atoms with Gasteiger partial charge in [-0.25, -0.2) is 13.4 Å². The lowest BCUT2D eigenvalue weighted by Gasteiger charge is -2.26. The first-order chi connectivity index (χ1) is 13.4. The van der Waals surface area contributed by atoms with Crippen LogP contribution in [0.4, 0.5) is 0 Å². The molecule has 150 valence electrons. The molecule has 1 N–H and O–H groups in total. The van der Waals surface area contributed by atoms with E-state index in [1.54, 1.807) is 12.1 Å². The predicted molar refractivity (Wildman–Crippen MR) is 107 cm³/mol. The highest BCUT2D eigenvalue weighted by molar-refractivity contribution is 7.91. The largest absolute Gasteiger partial charge is 0.470 e. The van der Waals surface area contributed by atoms with E-state index in [4.69, 9.17) is 4.74 Å². The number of nitrogens with one attached hydrogen (secondary N) is 1. The molecule has 1 unspecified atom stereocenters. The van der Waals surface area contributed by atoms with Crippen molar-refractivity contribution in [3.05, 3.63) is 59.8 Å². The fourth-order valence-electron chi connectivity index (χ4n) is 2.96. The zero-order valence-electron chi connectivity index (χ0n) is 15.9. The maximum Gasteiger partial charge on any atom is 0.252 e. The van der Waals surface area contributed by atoms with Crippen LogP contribution in [0.25, 0.3) is 0 Å². The van der Waals surface area contributed by atoms with E-state index in [1.165, 1.54) is 6.20 Å². The molecular formula is C20H25N3O4S. The van der Waals surface area contributed by atoms with Crippen molar-refractivity contribution in [2.45, 2.75) is 13.0 Å². The first-order valence-electron chi connectivity index (χ1n) is 9.31. The lowest BCUT2D eigenvalue weighted by Crippen LogP contribution is -2.43. The van der Waals surface area contributed by atoms with Crippen molar-refractivity contribution >= 4 is 15.7 Å². The molecule has 2 heterocycles. The zero-order valence-corrected chi connectivity index (χ0v) is 16.7. The molecule has 0 spiro atoms. The molecule has 28 heavy (non-hydrogen) atoms. The van der Waals surface area contributed by atoms with Crippen LogP contribution in [-0.4, -0.2) is 61.9 Å². The SMILES string of the molecule is CC(Oc1ccc(C(=O)NCCN2CCS(=O)(=O)CC2)cn1)c1ccccc1. The molecule has 8 heteroatoms. The third kappa shape index (κ3) is 5.77. The summed E-state index contributed by atoms with van der Waals surface area (Å²) < 4.78 is 28.7. The molecule has 1 aromatic carbocycles. The van der Waals surface area contributed by atoms with Crippen molar-refractivity contribution < 1.29 is 17.9 Å². The van der Waals surface area contributed by atoms with E-state index in [1.807, 2.05) is 42.2 Å². The molecule has 2 aromatic rings. The van der Waals surface area contributed by atoms with Crippen LogP contribution in [0.5, 0.6) is 5.88 Å². The molecule has 1 aliphatic heterocycles. The molecule has 0 saturated carbocycles. The van der Waals surface area contributed by atoms with Crippen molar-refractivity contribution in [2.24, 2.45) is 0 Å². The second kappa shape index (κ2) is 9.16. The van der Waals surface area contributed by atoms with Gasteiger partial charge in [0.2, 0.25) is 5.88 Å². The molecule has 1 amide bonds. The normalized spacial score (nSPS) is 17.6. The fraction of sp³-hybridized carbons (Fsp3) is 0.400. The van der Waals surface area contributed by atoms with Gasteiger partial charge in [-0.2, -0.15) is 0 Å². The molecule has 1 atom stereocenters. The van der Waals surface area contributed by atoms with E-state index in [2.05, 4.69) is 10.3 Å². The zero-order chi connectivity index (χ0) is 20.0. The summed E-state index contributed by atoms with van der Waals surface area (Å²) in [5, 5.41) is 2.84. The van der Waals surface area contributed by atoms with Gasteiger partial charge in [0.05, 0.1) is 17.1 Å². The Balaban J connectivity index is 1.44. The van der Waals surface area contributed by atoms with Gasteiger partial charge in [0, 0.05) is 38.4 Å². The summed E-state index contributed by atoms with van der Waals surface area (Å²) in [6, 6.07) is 13.2. The average Bonchev–Trinajstić information content (AvgIpc) is 2.70. The Bertz CT molecular complexity index is 871. The molecule has 3 rings (SSSR count). The summed E-state index contributed by atoms with van der Waals surface area (Å²) in [7, 11) is -2.88. The second-order valence-corrected chi connectivity index (χ2v) is 9.11. The minimum Gasteiger partial charge on any atom is -0.470 e. The first-order valence-corrected chi connectivity index (χ1v) is 11.1. The summed E-state index contributed by atoms with van der Waals surface area (Å²) in [5.41, 5.74) is 1.51. The maximum atomic E-state index is 12.2. The second-order valence-electron chi connectivity index (χ2n) is 6.81. The number of carbonyl (C=O) groups excluding carboxylic acids is 1. The number of hydrogen-bond acceptors (Lipinski definition) is 6. The lowest BCUT2D eigenvalue weighted by atomic mass is 10.1. The minimum atomic E-state index is -2.88. The number of rotatable bonds is 7. The van der Waals surface area contributed by atoms with Crippen molar-refractivity contribution in [3.63, 3.8) is 0 Å². The average molecular weight is 404 g/mol. The van der Waals surface area contributed by atoms with Crippen LogP contribution in [0.1, 0.15) is 28.9 Å². The highest BCUT2D eigenvalue weighted by atomic mass is 32.2. The summed E-state index contributed by atoms with van der Waals surface area (Å²) in [6.45, 7) is 4.08. The molecule has 1 aliphatic rings. The number of benzene rings is 1. The highest BCUT2D eigenvalue weighted by Gasteiger charge is 2.21. The van der Waals surface area contributed by atoms with Gasteiger partial charge in [-0.3, -0.25) is 9.69 Å². The fourth-order valence-corrected chi connectivity index (χ4v) is 4.24. The van der Waals surface area contributed by atoms with Crippen LogP contribution in [-0.2, 0) is 9.84 Å². The van der Waals surface area contributed by atoms with Gasteiger partial charge in [0.1, 0.15) is 6.10 Å². The van der Waals surface area contributed by atoms with Crippen LogP contribution < -0.4 is 10.1 Å². The Morgan fingerprint density at radius 1 is 1.18 bits per heavy atom. The van der Waals surface area contributed by atoms with Gasteiger partial charge < -0.3 is 10.1 Å². The van der Waals surface area contributed by atoms with Gasteiger partial charge in [-0.15, -0.1) is 0 Å². The van der Waals surface area contributed by atoms with E-state index >= 15 is 0 Å². The van der Waals surface area contributed by atoms with Crippen LogP contribution in [0.15, 0.2) is 48.7 Å². The van der Waals surface area contributed by atoms with E-state index in [0.29, 0.717) is 37.6 Å². The number of carbonyl (C=O) groups is 1. The predicted octanol–water partition coefficient (Wildman–Crippen LogP) is 1.68. The number of aromatic nitrogens is 1. The van der Waals surface area contributed by atoms with Crippen molar-refractivity contribution in [2.75, 3.05) is 37.7 Å². The maximum absolute atomic E-state index is 12.2. The summed E-state index contributed by atoms with van der Waals surface area (Å²) in [5.74, 6) is 0.629. The Morgan fingerprint density at radius 3 is 2.54 bits per heavy atom. The molecule has 0 bridgehead atoms. The van der Waals surface area contributed by atoms with Gasteiger partial charge >= 0.3 is 0 Å². The third-order valence-corrected chi connectivity index (χ3v) is 6.32. The highest BCUT2D eigenvalue weighted by Crippen LogP contribution is 2.19. The van der Waals surface area contributed by atoms with E-state index in [9.17, 15) is 13.2 Å². The number of sulfone groups is 1. The molecular weight excluding hydrogens is 378 g/mol. The molecule has 1 saturated heterocycles. The van der Waals surface area contributed by atoms with Crippen LogP contribution >= 0.6 is 0 Å². The number of ether oxygens (including phenoxy) is 1. The van der Waals surface area contributed by atoms with Gasteiger partial charge in [0.25, 0.3) is 5.91 Å². The number of nitrogens with zero attached hydrogens (tertiary/aromatic N) is 2. The Morgan fingerprint density at radius 2 is 1.89 bits per heavy atom. The quantitative estimate of drug-likeness (QED) is 0.757. The van der Waals surface area contributed by atoms with Crippen LogP contribution in [0.3, 0.4) is 0 Å². The summed E-state index contributed by atoms with van der Waals surface area (Å²) in [6.07, 6.45) is 1.36. The van der Waals surface area contributed by atoms with Gasteiger partial charge in [0.15, 0.2) is 9.84 Å². The van der Waals surface area contributed by atoms with E-state index < -0.39 is 9.84 Å². The summed E-state index contributed by atoms with van der Waals surface area (Å²) >= 11 is 0. The van der Waals surface area contributed by atoms with E-state index in [-0.39, 0.29) is 23.5 Å². The van der Waals surface area contributed by atoms with Gasteiger partial charge in [-0.1, -0.05) is 30.3 Å². The Hall–Kier alpha value is -2.45. The molecule has 1 aromatic heterocycles. The number of pyridine rings is 1. The Labute approximate surface area is 165 Å². The van der Waals surface area contributed by atoms with Crippen LogP contribution in [0.2, 0.25) is 0 Å². The molecule has 1 fully saturated rings. The minimum absolute atomic E-state index is 0.137. The van der Waals surface area contributed by atoms with E-state index in [0.717, 1.165) is 5.56 Å². The number of hydrogen-bond donors (Lipinski definition) is 1. The van der Waals surface area contributed by atoms with Crippen molar-refractivity contribution in [3.8, 4) is 5.88 Å². The third-order valence-electron chi connectivity index (χ3n) is 4.72. The first kappa shape index (κ1) is 20.3. The number of amides is 1. The monoisotopic (exact) mass is 403 g/mol. The molecule has 7 nitrogen and oxygen atoms in total. The van der Waals surface area contributed by atoms with Crippen molar-refractivity contribution in [1.82, 2.24) is 15.2 Å². The van der Waals surface area contributed by atoms with Gasteiger partial charge in [-0.05, 0) is 18.6 Å². The topological polar surface area (TPSA) is 88.6 Å².